The number of carbonyl (C=O) groups is 2. The minimum Gasteiger partial charge on any atom is -0.494 e. The first kappa shape index (κ1) is 23.7. The van der Waals surface area contributed by atoms with Crippen molar-refractivity contribution in [3.8, 4) is 11.5 Å². The molecule has 0 aliphatic carbocycles. The molecule has 1 unspecified atom stereocenters. The molecule has 3 N–H and O–H groups in total. The molecule has 0 saturated carbocycles. The highest BCUT2D eigenvalue weighted by Gasteiger charge is 2.16. The van der Waals surface area contributed by atoms with Crippen LogP contribution in [0, 0.1) is 4.77 Å². The maximum atomic E-state index is 12.6. The van der Waals surface area contributed by atoms with Gasteiger partial charge in [0.2, 0.25) is 0 Å². The maximum Gasteiger partial charge on any atom is 0.279 e. The number of nitrogens with zero attached hydrogens (tertiary/aromatic N) is 1. The Labute approximate surface area is 195 Å². The van der Waals surface area contributed by atoms with Crippen molar-refractivity contribution in [2.75, 3.05) is 6.61 Å². The summed E-state index contributed by atoms with van der Waals surface area (Å²) in [5.41, 5.74) is 5.04. The molecule has 10 heteroatoms. The summed E-state index contributed by atoms with van der Waals surface area (Å²) in [6, 6.07) is 11.4. The number of benzene rings is 2. The zero-order valence-electron chi connectivity index (χ0n) is 18.2. The van der Waals surface area contributed by atoms with E-state index in [0.717, 1.165) is 0 Å². The van der Waals surface area contributed by atoms with Gasteiger partial charge in [-0.3, -0.25) is 29.8 Å². The van der Waals surface area contributed by atoms with Gasteiger partial charge in [0.05, 0.1) is 17.5 Å². The lowest BCUT2D eigenvalue weighted by Crippen LogP contribution is -2.47. The van der Waals surface area contributed by atoms with Gasteiger partial charge in [0.1, 0.15) is 11.5 Å². The fourth-order valence-electron chi connectivity index (χ4n) is 3.02. The predicted molar refractivity (Wildman–Crippen MR) is 127 cm³/mol. The minimum absolute atomic E-state index is 0.221. The topological polar surface area (TPSA) is 114 Å². The van der Waals surface area contributed by atoms with Gasteiger partial charge in [-0.15, -0.1) is 6.58 Å². The minimum atomic E-state index is -0.862. The zero-order valence-corrected chi connectivity index (χ0v) is 19.0. The second-order valence-corrected chi connectivity index (χ2v) is 7.39. The first-order valence-electron chi connectivity index (χ1n) is 10.2. The van der Waals surface area contributed by atoms with Crippen LogP contribution in [0.3, 0.4) is 0 Å². The number of hydrazine groups is 1. The molecule has 0 saturated heterocycles. The predicted octanol–water partition coefficient (Wildman–Crippen LogP) is 2.87. The highest BCUT2D eigenvalue weighted by atomic mass is 32.1. The summed E-state index contributed by atoms with van der Waals surface area (Å²) in [4.78, 5) is 40.3. The van der Waals surface area contributed by atoms with Crippen LogP contribution in [0.5, 0.6) is 11.5 Å². The number of hydrogen-bond acceptors (Lipinski definition) is 6. The van der Waals surface area contributed by atoms with Crippen LogP contribution in [-0.2, 0) is 11.3 Å². The molecular formula is C23H24N4O5S. The van der Waals surface area contributed by atoms with Gasteiger partial charge in [-0.25, -0.2) is 0 Å². The second kappa shape index (κ2) is 10.6. The third kappa shape index (κ3) is 5.66. The van der Waals surface area contributed by atoms with Crippen LogP contribution in [-0.4, -0.2) is 34.1 Å². The third-order valence-corrected chi connectivity index (χ3v) is 4.99. The number of H-pyrrole nitrogens is 1. The van der Waals surface area contributed by atoms with E-state index < -0.39 is 17.9 Å². The lowest BCUT2D eigenvalue weighted by molar-refractivity contribution is -0.128. The highest BCUT2D eigenvalue weighted by Crippen LogP contribution is 2.18. The number of hydrogen-bond donors (Lipinski definition) is 3. The molecule has 1 aromatic heterocycles. The molecular weight excluding hydrogens is 444 g/mol. The molecule has 3 aromatic rings. The number of amides is 2. The largest absolute Gasteiger partial charge is 0.494 e. The molecule has 0 aliphatic rings. The number of allylic oxidation sites excluding steroid dienone is 1. The van der Waals surface area contributed by atoms with E-state index in [0.29, 0.717) is 29.0 Å². The molecule has 3 rings (SSSR count). The Balaban J connectivity index is 1.64. The highest BCUT2D eigenvalue weighted by molar-refractivity contribution is 7.71. The number of nitrogens with one attached hydrogen (secondary N) is 3. The summed E-state index contributed by atoms with van der Waals surface area (Å²) in [6.07, 6.45) is 0.710. The number of aromatic nitrogens is 2. The molecule has 172 valence electrons. The second-order valence-electron chi connectivity index (χ2n) is 7.00. The molecule has 0 bridgehead atoms. The molecule has 0 radical (unpaired) electrons. The fourth-order valence-corrected chi connectivity index (χ4v) is 3.29. The molecule has 0 fully saturated rings. The van der Waals surface area contributed by atoms with Gasteiger partial charge in [0.25, 0.3) is 17.4 Å². The lowest BCUT2D eigenvalue weighted by Gasteiger charge is -2.15. The number of rotatable bonds is 8. The SMILES string of the molecule is C=CCn1c(=S)[nH]c2cc(C(=O)NNC(=O)C(C)Oc3ccc(OCC)cc3)ccc2c1=O. The van der Waals surface area contributed by atoms with E-state index in [1.54, 1.807) is 37.3 Å². The van der Waals surface area contributed by atoms with Crippen molar-refractivity contribution in [3.63, 3.8) is 0 Å². The molecule has 33 heavy (non-hydrogen) atoms. The van der Waals surface area contributed by atoms with E-state index >= 15 is 0 Å². The average molecular weight is 469 g/mol. The fraction of sp³-hybridized carbons (Fsp3) is 0.217. The van der Waals surface area contributed by atoms with Gasteiger partial charge < -0.3 is 14.5 Å². The van der Waals surface area contributed by atoms with Crippen molar-refractivity contribution in [1.82, 2.24) is 20.4 Å². The Kier molecular flexibility index (Phi) is 7.62. The van der Waals surface area contributed by atoms with Crippen LogP contribution in [0.25, 0.3) is 10.9 Å². The van der Waals surface area contributed by atoms with Crippen molar-refractivity contribution in [2.24, 2.45) is 0 Å². The van der Waals surface area contributed by atoms with Gasteiger partial charge in [0.15, 0.2) is 10.9 Å². The molecule has 1 atom stereocenters. The summed E-state index contributed by atoms with van der Waals surface area (Å²) in [7, 11) is 0. The number of fused-ring (bicyclic) bond motifs is 1. The Morgan fingerprint density at radius 1 is 1.18 bits per heavy atom. The number of ether oxygens (including phenoxy) is 2. The van der Waals surface area contributed by atoms with E-state index in [1.165, 1.54) is 22.8 Å². The Bertz CT molecular complexity index is 1300. The summed E-state index contributed by atoms with van der Waals surface area (Å²) in [5.74, 6) is 0.0850. The molecule has 9 nitrogen and oxygen atoms in total. The normalized spacial score (nSPS) is 11.5. The quantitative estimate of drug-likeness (QED) is 0.266. The van der Waals surface area contributed by atoms with E-state index in [9.17, 15) is 14.4 Å². The Morgan fingerprint density at radius 2 is 1.88 bits per heavy atom. The molecule has 0 spiro atoms. The van der Waals surface area contributed by atoms with Crippen LogP contribution in [0.2, 0.25) is 0 Å². The molecule has 0 aliphatic heterocycles. The van der Waals surface area contributed by atoms with Crippen LogP contribution in [0.4, 0.5) is 0 Å². The Morgan fingerprint density at radius 3 is 2.55 bits per heavy atom. The van der Waals surface area contributed by atoms with Gasteiger partial charge in [-0.1, -0.05) is 6.08 Å². The van der Waals surface area contributed by atoms with Crippen LogP contribution < -0.4 is 25.9 Å². The number of aromatic amines is 1. The van der Waals surface area contributed by atoms with Crippen LogP contribution in [0.1, 0.15) is 24.2 Å². The van der Waals surface area contributed by atoms with Gasteiger partial charge in [-0.2, -0.15) is 0 Å². The lowest BCUT2D eigenvalue weighted by atomic mass is 10.1. The van der Waals surface area contributed by atoms with Crippen molar-refractivity contribution < 1.29 is 19.1 Å². The monoisotopic (exact) mass is 468 g/mol. The van der Waals surface area contributed by atoms with E-state index in [4.69, 9.17) is 21.7 Å². The summed E-state index contributed by atoms with van der Waals surface area (Å²) in [5, 5.41) is 0.378. The first-order valence-corrected chi connectivity index (χ1v) is 10.6. The molecule has 2 amide bonds. The standard InChI is InChI=1S/C23H24N4O5S/c1-4-12-27-22(30)18-11-6-15(13-19(18)24-23(27)33)21(29)26-25-20(28)14(3)32-17-9-7-16(8-10-17)31-5-2/h4,6-11,13-14H,1,5,12H2,2-3H3,(H,24,33)(H,25,28)(H,26,29). The third-order valence-electron chi connectivity index (χ3n) is 4.67. The van der Waals surface area contributed by atoms with Crippen molar-refractivity contribution in [3.05, 3.63) is 75.8 Å². The van der Waals surface area contributed by atoms with E-state index in [2.05, 4.69) is 22.4 Å². The summed E-state index contributed by atoms with van der Waals surface area (Å²) in [6.45, 7) is 7.88. The van der Waals surface area contributed by atoms with Crippen LogP contribution >= 0.6 is 12.2 Å². The van der Waals surface area contributed by atoms with Gasteiger partial charge in [-0.05, 0) is 68.5 Å². The van der Waals surface area contributed by atoms with E-state index in [1.807, 2.05) is 6.92 Å². The average Bonchev–Trinajstić information content (AvgIpc) is 2.81. The maximum absolute atomic E-state index is 12.6. The smallest absolute Gasteiger partial charge is 0.279 e. The Hall–Kier alpha value is -3.92. The number of carbonyl (C=O) groups excluding carboxylic acids is 2. The van der Waals surface area contributed by atoms with Gasteiger partial charge in [0, 0.05) is 12.1 Å². The summed E-state index contributed by atoms with van der Waals surface area (Å²) >= 11 is 5.21. The van der Waals surface area contributed by atoms with E-state index in [-0.39, 0.29) is 22.4 Å². The molecule has 2 aromatic carbocycles. The summed E-state index contributed by atoms with van der Waals surface area (Å²) < 4.78 is 12.5. The van der Waals surface area contributed by atoms with Crippen molar-refractivity contribution in [1.29, 1.82) is 0 Å². The van der Waals surface area contributed by atoms with Crippen LogP contribution in [0.15, 0.2) is 59.9 Å². The first-order chi connectivity index (χ1) is 15.8. The zero-order chi connectivity index (χ0) is 24.0. The van der Waals surface area contributed by atoms with Gasteiger partial charge >= 0.3 is 0 Å². The van der Waals surface area contributed by atoms with Crippen molar-refractivity contribution >= 4 is 34.9 Å². The molecule has 1 heterocycles. The van der Waals surface area contributed by atoms with Crippen molar-refractivity contribution in [2.45, 2.75) is 26.5 Å².